The molecule has 0 aromatic heterocycles. The minimum absolute atomic E-state index is 0.279. The van der Waals surface area contributed by atoms with Crippen molar-refractivity contribution in [1.82, 2.24) is 5.32 Å². The first-order valence-corrected chi connectivity index (χ1v) is 10.4. The van der Waals surface area contributed by atoms with Crippen molar-refractivity contribution in [3.8, 4) is 11.5 Å². The molecule has 1 aromatic rings. The zero-order valence-corrected chi connectivity index (χ0v) is 16.9. The zero-order valence-electron chi connectivity index (χ0n) is 16.9. The summed E-state index contributed by atoms with van der Waals surface area (Å²) < 4.78 is 16.4. The molecule has 6 heteroatoms. The van der Waals surface area contributed by atoms with Crippen LogP contribution in [0, 0.1) is 0 Å². The molecule has 0 unspecified atom stereocenters. The summed E-state index contributed by atoms with van der Waals surface area (Å²) in [5.41, 5.74) is 2.20. The topological polar surface area (TPSA) is 73.9 Å². The molecule has 0 saturated carbocycles. The number of benzene rings is 1. The van der Waals surface area contributed by atoms with Crippen molar-refractivity contribution < 1.29 is 23.8 Å². The molecule has 1 N–H and O–H groups in total. The van der Waals surface area contributed by atoms with E-state index in [0.717, 1.165) is 31.2 Å². The number of carbonyl (C=O) groups excluding carboxylic acids is 2. The Morgan fingerprint density at radius 1 is 1.17 bits per heavy atom. The Morgan fingerprint density at radius 3 is 2.79 bits per heavy atom. The average Bonchev–Trinajstić information content (AvgIpc) is 2.98. The fraction of sp³-hybridized carbons (Fsp3) is 0.478. The van der Waals surface area contributed by atoms with Gasteiger partial charge >= 0.3 is 5.97 Å². The number of fused-ring (bicyclic) bond motifs is 1. The maximum atomic E-state index is 12.1. The van der Waals surface area contributed by atoms with Crippen LogP contribution in [0.2, 0.25) is 0 Å². The molecule has 1 aliphatic carbocycles. The van der Waals surface area contributed by atoms with Gasteiger partial charge in [0.1, 0.15) is 0 Å². The number of rotatable bonds is 7. The van der Waals surface area contributed by atoms with Crippen LogP contribution in [-0.2, 0) is 14.3 Å². The van der Waals surface area contributed by atoms with E-state index in [1.807, 2.05) is 18.2 Å². The Bertz CT molecular complexity index is 783. The van der Waals surface area contributed by atoms with E-state index in [0.29, 0.717) is 31.3 Å². The minimum Gasteiger partial charge on any atom is -0.490 e. The molecule has 0 radical (unpaired) electrons. The molecule has 1 aromatic carbocycles. The summed E-state index contributed by atoms with van der Waals surface area (Å²) in [6.07, 6.45) is 10.8. The van der Waals surface area contributed by atoms with Gasteiger partial charge in [0, 0.05) is 19.0 Å². The highest BCUT2D eigenvalue weighted by Gasteiger charge is 2.16. The van der Waals surface area contributed by atoms with Gasteiger partial charge in [0.2, 0.25) is 0 Å². The van der Waals surface area contributed by atoms with Crippen molar-refractivity contribution >= 4 is 18.0 Å². The van der Waals surface area contributed by atoms with Crippen LogP contribution in [0.3, 0.4) is 0 Å². The molecular weight excluding hydrogens is 370 g/mol. The van der Waals surface area contributed by atoms with Crippen LogP contribution in [0.1, 0.15) is 51.0 Å². The number of amides is 1. The second-order valence-corrected chi connectivity index (χ2v) is 7.32. The number of ether oxygens (including phenoxy) is 3. The standard InChI is InChI=1S/C23H29NO5/c1-17(23(26)24-13-12-18-6-3-2-4-7-18)29-22(25)11-9-19-8-10-20-21(16-19)28-15-5-14-27-20/h6,8-11,16-17H,2-5,7,12-15H2,1H3,(H,24,26)/b11-9+/t17-/m1/s1. The molecule has 6 nitrogen and oxygen atoms in total. The molecular formula is C23H29NO5. The maximum Gasteiger partial charge on any atom is 0.331 e. The number of carbonyl (C=O) groups is 2. The average molecular weight is 399 g/mol. The van der Waals surface area contributed by atoms with E-state index in [-0.39, 0.29) is 5.91 Å². The maximum absolute atomic E-state index is 12.1. The van der Waals surface area contributed by atoms with Crippen LogP contribution in [0.15, 0.2) is 35.9 Å². The Hall–Kier alpha value is -2.76. The summed E-state index contributed by atoms with van der Waals surface area (Å²) in [4.78, 5) is 24.2. The van der Waals surface area contributed by atoms with Gasteiger partial charge in [-0.05, 0) is 62.8 Å². The predicted octanol–water partition coefficient (Wildman–Crippen LogP) is 3.80. The van der Waals surface area contributed by atoms with Crippen LogP contribution in [0.4, 0.5) is 0 Å². The van der Waals surface area contributed by atoms with Crippen LogP contribution in [0.25, 0.3) is 6.08 Å². The second kappa shape index (κ2) is 10.7. The van der Waals surface area contributed by atoms with Crippen LogP contribution < -0.4 is 14.8 Å². The monoisotopic (exact) mass is 399 g/mol. The quantitative estimate of drug-likeness (QED) is 0.429. The lowest BCUT2D eigenvalue weighted by Crippen LogP contribution is -2.36. The molecule has 0 saturated heterocycles. The van der Waals surface area contributed by atoms with Crippen LogP contribution in [0.5, 0.6) is 11.5 Å². The van der Waals surface area contributed by atoms with E-state index in [2.05, 4.69) is 11.4 Å². The van der Waals surface area contributed by atoms with Crippen molar-refractivity contribution in [2.24, 2.45) is 0 Å². The number of nitrogens with one attached hydrogen (secondary N) is 1. The summed E-state index contributed by atoms with van der Waals surface area (Å²) >= 11 is 0. The highest BCUT2D eigenvalue weighted by Crippen LogP contribution is 2.30. The molecule has 3 rings (SSSR count). The number of esters is 1. The number of hydrogen-bond acceptors (Lipinski definition) is 5. The SMILES string of the molecule is C[C@@H](OC(=O)/C=C/c1ccc2c(c1)OCCCO2)C(=O)NCCC1=CCCCC1. The van der Waals surface area contributed by atoms with E-state index >= 15 is 0 Å². The van der Waals surface area contributed by atoms with Gasteiger partial charge in [-0.1, -0.05) is 17.7 Å². The lowest BCUT2D eigenvalue weighted by atomic mass is 9.97. The zero-order chi connectivity index (χ0) is 20.5. The van der Waals surface area contributed by atoms with Gasteiger partial charge < -0.3 is 19.5 Å². The normalized spacial score (nSPS) is 17.2. The summed E-state index contributed by atoms with van der Waals surface area (Å²) in [5, 5.41) is 2.84. The third-order valence-corrected chi connectivity index (χ3v) is 4.98. The first-order valence-electron chi connectivity index (χ1n) is 10.4. The summed E-state index contributed by atoms with van der Waals surface area (Å²) in [5.74, 6) is 0.531. The van der Waals surface area contributed by atoms with Gasteiger partial charge in [0.05, 0.1) is 13.2 Å². The minimum atomic E-state index is -0.837. The fourth-order valence-electron chi connectivity index (χ4n) is 3.34. The Morgan fingerprint density at radius 2 is 2.00 bits per heavy atom. The fourth-order valence-corrected chi connectivity index (χ4v) is 3.34. The largest absolute Gasteiger partial charge is 0.490 e. The Balaban J connectivity index is 1.43. The van der Waals surface area contributed by atoms with Crippen molar-refractivity contribution in [2.45, 2.75) is 51.6 Å². The molecule has 0 spiro atoms. The van der Waals surface area contributed by atoms with Gasteiger partial charge in [-0.2, -0.15) is 0 Å². The molecule has 1 atom stereocenters. The smallest absolute Gasteiger partial charge is 0.331 e. The third-order valence-electron chi connectivity index (χ3n) is 4.98. The van der Waals surface area contributed by atoms with E-state index in [4.69, 9.17) is 14.2 Å². The van der Waals surface area contributed by atoms with E-state index in [1.54, 1.807) is 13.0 Å². The van der Waals surface area contributed by atoms with E-state index in [9.17, 15) is 9.59 Å². The highest BCUT2D eigenvalue weighted by atomic mass is 16.5. The molecule has 0 bridgehead atoms. The number of allylic oxidation sites excluding steroid dienone is 1. The number of hydrogen-bond donors (Lipinski definition) is 1. The summed E-state index contributed by atoms with van der Waals surface area (Å²) in [6.45, 7) is 3.38. The second-order valence-electron chi connectivity index (χ2n) is 7.32. The predicted molar refractivity (Wildman–Crippen MR) is 111 cm³/mol. The summed E-state index contributed by atoms with van der Waals surface area (Å²) in [7, 11) is 0. The first kappa shape index (κ1) is 21.0. The highest BCUT2D eigenvalue weighted by molar-refractivity contribution is 5.90. The van der Waals surface area contributed by atoms with Gasteiger partial charge in [-0.25, -0.2) is 4.79 Å². The van der Waals surface area contributed by atoms with Gasteiger partial charge in [0.15, 0.2) is 17.6 Å². The van der Waals surface area contributed by atoms with Gasteiger partial charge in [0.25, 0.3) is 5.91 Å². The lowest BCUT2D eigenvalue weighted by Gasteiger charge is -2.15. The Kier molecular flexibility index (Phi) is 7.73. The lowest BCUT2D eigenvalue weighted by molar-refractivity contribution is -0.150. The molecule has 1 heterocycles. The van der Waals surface area contributed by atoms with E-state index in [1.165, 1.54) is 24.5 Å². The molecule has 1 amide bonds. The Labute approximate surface area is 171 Å². The third kappa shape index (κ3) is 6.66. The van der Waals surface area contributed by atoms with Crippen molar-refractivity contribution in [3.63, 3.8) is 0 Å². The molecule has 1 aliphatic heterocycles. The van der Waals surface area contributed by atoms with Gasteiger partial charge in [-0.3, -0.25) is 4.79 Å². The van der Waals surface area contributed by atoms with Crippen molar-refractivity contribution in [1.29, 1.82) is 0 Å². The summed E-state index contributed by atoms with van der Waals surface area (Å²) in [6, 6.07) is 5.48. The molecule has 29 heavy (non-hydrogen) atoms. The molecule has 156 valence electrons. The first-order chi connectivity index (χ1) is 14.1. The van der Waals surface area contributed by atoms with Gasteiger partial charge in [-0.15, -0.1) is 0 Å². The van der Waals surface area contributed by atoms with Crippen molar-refractivity contribution in [3.05, 3.63) is 41.5 Å². The molecule has 0 fully saturated rings. The van der Waals surface area contributed by atoms with Crippen LogP contribution in [-0.4, -0.2) is 37.7 Å². The van der Waals surface area contributed by atoms with Crippen molar-refractivity contribution in [2.75, 3.05) is 19.8 Å². The van der Waals surface area contributed by atoms with E-state index < -0.39 is 12.1 Å². The molecule has 2 aliphatic rings. The van der Waals surface area contributed by atoms with Crippen LogP contribution >= 0.6 is 0 Å².